The predicted molar refractivity (Wildman–Crippen MR) is 83.7 cm³/mol. The zero-order valence-corrected chi connectivity index (χ0v) is 13.8. The third kappa shape index (κ3) is 2.43. The molecule has 0 aromatic heterocycles. The quantitative estimate of drug-likeness (QED) is 0.852. The lowest BCUT2D eigenvalue weighted by Gasteiger charge is -2.41. The number of nitrogens with zero attached hydrogens (tertiary/aromatic N) is 3. The van der Waals surface area contributed by atoms with Crippen molar-refractivity contribution in [1.82, 2.24) is 9.21 Å². The van der Waals surface area contributed by atoms with E-state index in [2.05, 4.69) is 18.7 Å². The lowest BCUT2D eigenvalue weighted by molar-refractivity contribution is 0.103. The molecular formula is C16H21N3O2S. The zero-order valence-electron chi connectivity index (χ0n) is 12.9. The summed E-state index contributed by atoms with van der Waals surface area (Å²) in [4.78, 5) is 2.50. The Labute approximate surface area is 132 Å². The number of rotatable bonds is 3. The second-order valence-electron chi connectivity index (χ2n) is 6.38. The van der Waals surface area contributed by atoms with Gasteiger partial charge in [-0.15, -0.1) is 0 Å². The molecule has 2 bridgehead atoms. The van der Waals surface area contributed by atoms with Crippen LogP contribution in [0.5, 0.6) is 0 Å². The van der Waals surface area contributed by atoms with E-state index in [0.29, 0.717) is 6.04 Å². The summed E-state index contributed by atoms with van der Waals surface area (Å²) in [7, 11) is -3.61. The van der Waals surface area contributed by atoms with Gasteiger partial charge in [0, 0.05) is 31.2 Å². The van der Waals surface area contributed by atoms with E-state index in [1.54, 1.807) is 28.6 Å². The van der Waals surface area contributed by atoms with Gasteiger partial charge in [0.05, 0.1) is 10.5 Å². The number of hydrogen-bond acceptors (Lipinski definition) is 4. The Morgan fingerprint density at radius 2 is 1.77 bits per heavy atom. The Morgan fingerprint density at radius 3 is 2.32 bits per heavy atom. The highest BCUT2D eigenvalue weighted by molar-refractivity contribution is 7.89. The third-order valence-corrected chi connectivity index (χ3v) is 6.80. The van der Waals surface area contributed by atoms with Gasteiger partial charge < -0.3 is 0 Å². The van der Waals surface area contributed by atoms with Gasteiger partial charge >= 0.3 is 0 Å². The molecule has 3 rings (SSSR count). The van der Waals surface area contributed by atoms with Crippen LogP contribution in [0.15, 0.2) is 29.2 Å². The normalized spacial score (nSPS) is 26.3. The van der Waals surface area contributed by atoms with Gasteiger partial charge in [0.2, 0.25) is 10.0 Å². The Bertz CT molecular complexity index is 694. The van der Waals surface area contributed by atoms with Crippen LogP contribution in [-0.2, 0) is 10.0 Å². The van der Waals surface area contributed by atoms with Gasteiger partial charge in [-0.25, -0.2) is 8.42 Å². The van der Waals surface area contributed by atoms with Crippen LogP contribution in [0.25, 0.3) is 0 Å². The number of hydrogen-bond donors (Lipinski definition) is 0. The topological polar surface area (TPSA) is 64.4 Å². The second-order valence-corrected chi connectivity index (χ2v) is 8.19. The van der Waals surface area contributed by atoms with E-state index in [1.807, 2.05) is 6.07 Å². The molecule has 22 heavy (non-hydrogen) atoms. The fraction of sp³-hybridized carbons (Fsp3) is 0.562. The van der Waals surface area contributed by atoms with Gasteiger partial charge in [0.25, 0.3) is 0 Å². The molecule has 1 aromatic carbocycles. The average Bonchev–Trinajstić information content (AvgIpc) is 2.78. The van der Waals surface area contributed by atoms with Crippen LogP contribution in [0.4, 0.5) is 0 Å². The third-order valence-electron chi connectivity index (χ3n) is 4.74. The minimum absolute atomic E-state index is 0.0258. The van der Waals surface area contributed by atoms with Crippen LogP contribution in [0.2, 0.25) is 0 Å². The standard InChI is InChI=1S/C16H21N3O2S/c1-12(2)18-10-14-7-8-15(11-18)19(14)22(20,21)16-6-4-3-5-13(16)9-17/h3-6,12,14-15H,7-8,10-11H2,1-2H3. The van der Waals surface area contributed by atoms with E-state index in [-0.39, 0.29) is 22.5 Å². The fourth-order valence-electron chi connectivity index (χ4n) is 3.61. The van der Waals surface area contributed by atoms with Crippen LogP contribution in [0.3, 0.4) is 0 Å². The SMILES string of the molecule is CC(C)N1CC2CCC(C1)N2S(=O)(=O)c1ccccc1C#N. The molecule has 1 aromatic rings. The molecule has 2 aliphatic heterocycles. The van der Waals surface area contributed by atoms with Crippen molar-refractivity contribution in [3.8, 4) is 6.07 Å². The molecule has 2 aliphatic rings. The van der Waals surface area contributed by atoms with E-state index in [4.69, 9.17) is 0 Å². The molecule has 0 spiro atoms. The van der Waals surface area contributed by atoms with E-state index < -0.39 is 10.0 Å². The molecule has 2 fully saturated rings. The molecule has 5 nitrogen and oxygen atoms in total. The van der Waals surface area contributed by atoms with Crippen molar-refractivity contribution in [3.63, 3.8) is 0 Å². The average molecular weight is 319 g/mol. The first kappa shape index (κ1) is 15.5. The molecule has 2 unspecified atom stereocenters. The number of fused-ring (bicyclic) bond motifs is 2. The summed E-state index contributed by atoms with van der Waals surface area (Å²) in [5, 5.41) is 9.20. The van der Waals surface area contributed by atoms with Crippen LogP contribution in [0, 0.1) is 11.3 Å². The minimum Gasteiger partial charge on any atom is -0.298 e. The summed E-state index contributed by atoms with van der Waals surface area (Å²) in [5.74, 6) is 0. The monoisotopic (exact) mass is 319 g/mol. The van der Waals surface area contributed by atoms with Gasteiger partial charge in [-0.1, -0.05) is 12.1 Å². The molecule has 2 saturated heterocycles. The summed E-state index contributed by atoms with van der Waals surface area (Å²) in [6.45, 7) is 5.85. The Hall–Kier alpha value is -1.42. The van der Waals surface area contributed by atoms with Crippen molar-refractivity contribution in [1.29, 1.82) is 5.26 Å². The number of sulfonamides is 1. The van der Waals surface area contributed by atoms with Crippen molar-refractivity contribution in [2.24, 2.45) is 0 Å². The number of likely N-dealkylation sites (tertiary alicyclic amines) is 1. The first-order valence-corrected chi connectivity index (χ1v) is 9.16. The van der Waals surface area contributed by atoms with Crippen LogP contribution >= 0.6 is 0 Å². The first-order valence-electron chi connectivity index (χ1n) is 7.72. The van der Waals surface area contributed by atoms with E-state index in [1.165, 1.54) is 0 Å². The van der Waals surface area contributed by atoms with Crippen LogP contribution in [0.1, 0.15) is 32.3 Å². The van der Waals surface area contributed by atoms with Crippen molar-refractivity contribution in [3.05, 3.63) is 29.8 Å². The maximum Gasteiger partial charge on any atom is 0.244 e. The first-order chi connectivity index (χ1) is 10.4. The fourth-order valence-corrected chi connectivity index (χ4v) is 5.61. The molecule has 0 N–H and O–H groups in total. The van der Waals surface area contributed by atoms with Crippen molar-refractivity contribution < 1.29 is 8.42 Å². The van der Waals surface area contributed by atoms with Crippen molar-refractivity contribution in [2.75, 3.05) is 13.1 Å². The lowest BCUT2D eigenvalue weighted by atomic mass is 10.2. The summed E-state index contributed by atoms with van der Waals surface area (Å²) < 4.78 is 27.8. The van der Waals surface area contributed by atoms with Gasteiger partial charge in [-0.05, 0) is 38.8 Å². The highest BCUT2D eigenvalue weighted by Gasteiger charge is 2.47. The van der Waals surface area contributed by atoms with Gasteiger partial charge in [-0.3, -0.25) is 4.90 Å². The number of nitriles is 1. The highest BCUT2D eigenvalue weighted by atomic mass is 32.2. The molecule has 2 heterocycles. The molecule has 0 radical (unpaired) electrons. The van der Waals surface area contributed by atoms with E-state index in [9.17, 15) is 13.7 Å². The Kier molecular flexibility index (Phi) is 3.98. The second kappa shape index (κ2) is 5.65. The maximum absolute atomic E-state index is 13.1. The van der Waals surface area contributed by atoms with Crippen LogP contribution < -0.4 is 0 Å². The predicted octanol–water partition coefficient (Wildman–Crippen LogP) is 1.80. The molecule has 0 amide bonds. The Balaban J connectivity index is 1.96. The number of piperazine rings is 1. The number of benzene rings is 1. The minimum atomic E-state index is -3.61. The lowest BCUT2D eigenvalue weighted by Crippen LogP contribution is -2.57. The summed E-state index contributed by atoms with van der Waals surface area (Å²) in [6, 6.07) is 8.97. The molecular weight excluding hydrogens is 298 g/mol. The highest BCUT2D eigenvalue weighted by Crippen LogP contribution is 2.36. The maximum atomic E-state index is 13.1. The Morgan fingerprint density at radius 1 is 1.18 bits per heavy atom. The molecule has 0 aliphatic carbocycles. The van der Waals surface area contributed by atoms with E-state index in [0.717, 1.165) is 25.9 Å². The molecule has 118 valence electrons. The van der Waals surface area contributed by atoms with Crippen molar-refractivity contribution >= 4 is 10.0 Å². The smallest absolute Gasteiger partial charge is 0.244 e. The summed E-state index contributed by atoms with van der Waals surface area (Å²) in [5.41, 5.74) is 0.230. The largest absolute Gasteiger partial charge is 0.298 e. The molecule has 6 heteroatoms. The molecule has 2 atom stereocenters. The van der Waals surface area contributed by atoms with Gasteiger partial charge in [0.1, 0.15) is 6.07 Å². The zero-order chi connectivity index (χ0) is 15.9. The van der Waals surface area contributed by atoms with Crippen LogP contribution in [-0.4, -0.2) is 48.8 Å². The summed E-state index contributed by atoms with van der Waals surface area (Å²) >= 11 is 0. The van der Waals surface area contributed by atoms with E-state index >= 15 is 0 Å². The van der Waals surface area contributed by atoms with Gasteiger partial charge in [0.15, 0.2) is 0 Å². The molecule has 0 saturated carbocycles. The van der Waals surface area contributed by atoms with Crippen molar-refractivity contribution in [2.45, 2.75) is 49.7 Å². The van der Waals surface area contributed by atoms with Gasteiger partial charge in [-0.2, -0.15) is 9.57 Å². The summed E-state index contributed by atoms with van der Waals surface area (Å²) in [6.07, 6.45) is 1.81.